The van der Waals surface area contributed by atoms with Crippen molar-refractivity contribution in [1.29, 1.82) is 0 Å². The molecule has 2 heterocycles. The number of nitrogens with one attached hydrogen (secondary N) is 1. The van der Waals surface area contributed by atoms with Gasteiger partial charge < -0.3 is 15.0 Å². The summed E-state index contributed by atoms with van der Waals surface area (Å²) in [6, 6.07) is 13.1. The molecule has 0 bridgehead atoms. The highest BCUT2D eigenvalue weighted by Crippen LogP contribution is 2.18. The Hall–Kier alpha value is -2.89. The summed E-state index contributed by atoms with van der Waals surface area (Å²) in [5, 5.41) is 2.71. The Morgan fingerprint density at radius 3 is 2.75 bits per heavy atom. The number of benzene rings is 1. The molecule has 1 aromatic carbocycles. The third kappa shape index (κ3) is 4.32. The lowest BCUT2D eigenvalue weighted by molar-refractivity contribution is -0.138. The van der Waals surface area contributed by atoms with Crippen LogP contribution in [0.1, 0.15) is 12.0 Å². The van der Waals surface area contributed by atoms with Gasteiger partial charge in [-0.1, -0.05) is 24.3 Å². The molecular weight excluding hydrogens is 306 g/mol. The molecule has 0 spiro atoms. The van der Waals surface area contributed by atoms with Crippen molar-refractivity contribution in [1.82, 2.24) is 15.2 Å². The Balaban J connectivity index is 1.51. The average Bonchev–Trinajstić information content (AvgIpc) is 2.62. The van der Waals surface area contributed by atoms with E-state index < -0.39 is 0 Å². The molecule has 1 N–H and O–H groups in total. The minimum atomic E-state index is -0.0984. The summed E-state index contributed by atoms with van der Waals surface area (Å²) in [6.45, 7) is 1.26. The topological polar surface area (TPSA) is 71.5 Å². The van der Waals surface area contributed by atoms with Gasteiger partial charge in [0.15, 0.2) is 0 Å². The third-order valence-corrected chi connectivity index (χ3v) is 3.78. The molecular formula is C18H19N3O3. The molecule has 1 aromatic heterocycles. The first-order valence-electron chi connectivity index (χ1n) is 7.93. The molecule has 6 nitrogen and oxygen atoms in total. The number of carbonyl (C=O) groups is 2. The Bertz CT molecular complexity index is 701. The molecule has 0 aliphatic carbocycles. The highest BCUT2D eigenvalue weighted by molar-refractivity contribution is 5.85. The lowest BCUT2D eigenvalue weighted by atomic mass is 10.1. The maximum Gasteiger partial charge on any atom is 0.239 e. The van der Waals surface area contributed by atoms with Crippen LogP contribution in [0.4, 0.5) is 0 Å². The van der Waals surface area contributed by atoms with Crippen LogP contribution in [0.2, 0.25) is 0 Å². The van der Waals surface area contributed by atoms with Crippen molar-refractivity contribution >= 4 is 11.8 Å². The molecule has 24 heavy (non-hydrogen) atoms. The molecule has 2 aromatic rings. The normalized spacial score (nSPS) is 14.2. The molecule has 3 rings (SSSR count). The van der Waals surface area contributed by atoms with Gasteiger partial charge in [0.05, 0.1) is 6.54 Å². The van der Waals surface area contributed by atoms with Crippen molar-refractivity contribution in [2.45, 2.75) is 12.8 Å². The van der Waals surface area contributed by atoms with Gasteiger partial charge >= 0.3 is 0 Å². The molecule has 0 saturated carbocycles. The SMILES string of the molecule is O=C1CN(C(=O)CCc2ccc(Oc3ccccc3)nc2)CCN1. The van der Waals surface area contributed by atoms with Gasteiger partial charge in [-0.2, -0.15) is 0 Å². The second-order valence-corrected chi connectivity index (χ2v) is 5.59. The lowest BCUT2D eigenvalue weighted by Gasteiger charge is -2.26. The summed E-state index contributed by atoms with van der Waals surface area (Å²) in [7, 11) is 0. The van der Waals surface area contributed by atoms with E-state index in [4.69, 9.17) is 4.74 Å². The summed E-state index contributed by atoms with van der Waals surface area (Å²) < 4.78 is 5.64. The van der Waals surface area contributed by atoms with Gasteiger partial charge in [-0.25, -0.2) is 4.98 Å². The van der Waals surface area contributed by atoms with Crippen LogP contribution >= 0.6 is 0 Å². The summed E-state index contributed by atoms with van der Waals surface area (Å²) in [5.74, 6) is 1.15. The molecule has 0 unspecified atom stereocenters. The van der Waals surface area contributed by atoms with Crippen molar-refractivity contribution in [3.63, 3.8) is 0 Å². The molecule has 1 aliphatic heterocycles. The first kappa shape index (κ1) is 16.0. The van der Waals surface area contributed by atoms with Gasteiger partial charge in [0.2, 0.25) is 17.7 Å². The zero-order valence-corrected chi connectivity index (χ0v) is 13.3. The van der Waals surface area contributed by atoms with Crippen molar-refractivity contribution in [2.24, 2.45) is 0 Å². The van der Waals surface area contributed by atoms with Crippen molar-refractivity contribution in [3.8, 4) is 11.6 Å². The number of carbonyl (C=O) groups excluding carboxylic acids is 2. The molecule has 0 radical (unpaired) electrons. The molecule has 6 heteroatoms. The smallest absolute Gasteiger partial charge is 0.239 e. The van der Waals surface area contributed by atoms with Gasteiger partial charge in [-0.3, -0.25) is 9.59 Å². The predicted molar refractivity (Wildman–Crippen MR) is 88.7 cm³/mol. The Morgan fingerprint density at radius 2 is 2.04 bits per heavy atom. The van der Waals surface area contributed by atoms with Crippen LogP contribution in [0.5, 0.6) is 11.6 Å². The molecule has 1 saturated heterocycles. The zero-order chi connectivity index (χ0) is 16.8. The van der Waals surface area contributed by atoms with E-state index in [2.05, 4.69) is 10.3 Å². The van der Waals surface area contributed by atoms with Crippen molar-refractivity contribution in [2.75, 3.05) is 19.6 Å². The Kier molecular flexibility index (Phi) is 5.05. The van der Waals surface area contributed by atoms with E-state index in [9.17, 15) is 9.59 Å². The standard InChI is InChI=1S/C18H19N3O3/c22-16-13-21(11-10-19-16)18(23)9-7-14-6-8-17(20-12-14)24-15-4-2-1-3-5-15/h1-6,8,12H,7,9-11,13H2,(H,19,22). The fraction of sp³-hybridized carbons (Fsp3) is 0.278. The van der Waals surface area contributed by atoms with E-state index in [0.717, 1.165) is 11.3 Å². The first-order chi connectivity index (χ1) is 11.7. The van der Waals surface area contributed by atoms with Crippen LogP contribution in [0, 0.1) is 0 Å². The van der Waals surface area contributed by atoms with Crippen molar-refractivity contribution < 1.29 is 14.3 Å². The number of aromatic nitrogens is 1. The highest BCUT2D eigenvalue weighted by atomic mass is 16.5. The number of piperazine rings is 1. The quantitative estimate of drug-likeness (QED) is 0.909. The van der Waals surface area contributed by atoms with E-state index in [-0.39, 0.29) is 18.4 Å². The number of rotatable bonds is 5. The maximum atomic E-state index is 12.1. The first-order valence-corrected chi connectivity index (χ1v) is 7.93. The van der Waals surface area contributed by atoms with Crippen LogP contribution in [-0.2, 0) is 16.0 Å². The second-order valence-electron chi connectivity index (χ2n) is 5.59. The third-order valence-electron chi connectivity index (χ3n) is 3.78. The highest BCUT2D eigenvalue weighted by Gasteiger charge is 2.20. The summed E-state index contributed by atoms with van der Waals surface area (Å²) in [6.07, 6.45) is 2.68. The Morgan fingerprint density at radius 1 is 1.21 bits per heavy atom. The predicted octanol–water partition coefficient (Wildman–Crippen LogP) is 1.76. The van der Waals surface area contributed by atoms with E-state index >= 15 is 0 Å². The number of amides is 2. The van der Waals surface area contributed by atoms with Crippen LogP contribution < -0.4 is 10.1 Å². The van der Waals surface area contributed by atoms with E-state index in [0.29, 0.717) is 31.8 Å². The zero-order valence-electron chi connectivity index (χ0n) is 13.3. The number of nitrogens with zero attached hydrogens (tertiary/aromatic N) is 2. The molecule has 2 amide bonds. The summed E-state index contributed by atoms with van der Waals surface area (Å²) in [4.78, 5) is 29.3. The van der Waals surface area contributed by atoms with E-state index in [1.54, 1.807) is 17.2 Å². The monoisotopic (exact) mass is 325 g/mol. The molecule has 1 aliphatic rings. The lowest BCUT2D eigenvalue weighted by Crippen LogP contribution is -2.50. The van der Waals surface area contributed by atoms with Crippen LogP contribution in [0.25, 0.3) is 0 Å². The largest absolute Gasteiger partial charge is 0.439 e. The maximum absolute atomic E-state index is 12.1. The van der Waals surface area contributed by atoms with E-state index in [1.165, 1.54) is 0 Å². The number of hydrogen-bond donors (Lipinski definition) is 1. The number of hydrogen-bond acceptors (Lipinski definition) is 4. The van der Waals surface area contributed by atoms with Crippen LogP contribution in [0.15, 0.2) is 48.7 Å². The number of para-hydroxylation sites is 1. The van der Waals surface area contributed by atoms with Gasteiger partial charge in [0.25, 0.3) is 0 Å². The summed E-state index contributed by atoms with van der Waals surface area (Å²) >= 11 is 0. The fourth-order valence-corrected chi connectivity index (χ4v) is 2.49. The second kappa shape index (κ2) is 7.59. The number of pyridine rings is 1. The average molecular weight is 325 g/mol. The molecule has 0 atom stereocenters. The minimum Gasteiger partial charge on any atom is -0.439 e. The van der Waals surface area contributed by atoms with Gasteiger partial charge in [0.1, 0.15) is 5.75 Å². The molecule has 124 valence electrons. The van der Waals surface area contributed by atoms with Crippen molar-refractivity contribution in [3.05, 3.63) is 54.2 Å². The number of ether oxygens (including phenoxy) is 1. The Labute approximate surface area is 140 Å². The number of aryl methyl sites for hydroxylation is 1. The van der Waals surface area contributed by atoms with Gasteiger partial charge in [0, 0.05) is 31.8 Å². The fourth-order valence-electron chi connectivity index (χ4n) is 2.49. The van der Waals surface area contributed by atoms with E-state index in [1.807, 2.05) is 36.4 Å². The molecule has 1 fully saturated rings. The van der Waals surface area contributed by atoms with Gasteiger partial charge in [-0.15, -0.1) is 0 Å². The minimum absolute atomic E-state index is 0.00513. The van der Waals surface area contributed by atoms with Crippen LogP contribution in [0.3, 0.4) is 0 Å². The van der Waals surface area contributed by atoms with Gasteiger partial charge in [-0.05, 0) is 24.1 Å². The summed E-state index contributed by atoms with van der Waals surface area (Å²) in [5.41, 5.74) is 0.963. The van der Waals surface area contributed by atoms with Crippen LogP contribution in [-0.4, -0.2) is 41.3 Å².